The molecule has 0 saturated carbocycles. The van der Waals surface area contributed by atoms with Crippen molar-refractivity contribution >= 4 is 21.4 Å². The molecule has 1 heterocycles. The van der Waals surface area contributed by atoms with E-state index >= 15 is 0 Å². The Morgan fingerprint density at radius 3 is 2.71 bits per heavy atom. The summed E-state index contributed by atoms with van der Waals surface area (Å²) in [5.74, 6) is 0.586. The Bertz CT molecular complexity index is 697. The van der Waals surface area contributed by atoms with Crippen LogP contribution < -0.4 is 15.2 Å². The first-order chi connectivity index (χ1) is 9.97. The van der Waals surface area contributed by atoms with E-state index in [1.807, 2.05) is 24.4 Å². The average Bonchev–Trinajstić information content (AvgIpc) is 3.00. The minimum absolute atomic E-state index is 0.187. The van der Waals surface area contributed by atoms with Crippen LogP contribution in [0.3, 0.4) is 0 Å². The van der Waals surface area contributed by atoms with Crippen LogP contribution in [0.1, 0.15) is 23.4 Å². The van der Waals surface area contributed by atoms with E-state index in [0.29, 0.717) is 11.3 Å². The van der Waals surface area contributed by atoms with Gasteiger partial charge in [-0.25, -0.2) is 13.1 Å². The third-order valence-corrected chi connectivity index (χ3v) is 5.68. The summed E-state index contributed by atoms with van der Waals surface area (Å²) in [4.78, 5) is 1.15. The molecule has 1 atom stereocenters. The molecule has 0 bridgehead atoms. The van der Waals surface area contributed by atoms with Gasteiger partial charge in [0.1, 0.15) is 5.75 Å². The lowest BCUT2D eigenvalue weighted by Gasteiger charge is -2.14. The molecule has 5 nitrogen and oxygen atoms in total. The molecule has 0 aliphatic rings. The highest BCUT2D eigenvalue weighted by Gasteiger charge is 2.20. The van der Waals surface area contributed by atoms with Gasteiger partial charge in [0, 0.05) is 17.0 Å². The topological polar surface area (TPSA) is 81.4 Å². The van der Waals surface area contributed by atoms with Crippen molar-refractivity contribution in [2.75, 3.05) is 7.11 Å². The molecule has 0 spiro atoms. The summed E-state index contributed by atoms with van der Waals surface area (Å²) in [5.41, 5.74) is 6.28. The van der Waals surface area contributed by atoms with Gasteiger partial charge in [0.15, 0.2) is 0 Å². The van der Waals surface area contributed by atoms with Crippen LogP contribution in [0.2, 0.25) is 0 Å². The van der Waals surface area contributed by atoms with Crippen molar-refractivity contribution in [2.45, 2.75) is 24.4 Å². The van der Waals surface area contributed by atoms with E-state index in [1.165, 1.54) is 24.5 Å². The fourth-order valence-electron chi connectivity index (χ4n) is 1.98. The van der Waals surface area contributed by atoms with Crippen molar-refractivity contribution in [3.63, 3.8) is 0 Å². The largest absolute Gasteiger partial charge is 0.496 e. The van der Waals surface area contributed by atoms with Crippen molar-refractivity contribution in [2.24, 2.45) is 5.73 Å². The van der Waals surface area contributed by atoms with Crippen molar-refractivity contribution in [3.05, 3.63) is 46.2 Å². The number of nitrogens with two attached hydrogens (primary N) is 1. The zero-order chi connectivity index (χ0) is 15.5. The lowest BCUT2D eigenvalue weighted by atomic mass is 10.2. The number of benzene rings is 1. The molecule has 2 rings (SSSR count). The Kier molecular flexibility index (Phi) is 5.00. The van der Waals surface area contributed by atoms with Gasteiger partial charge < -0.3 is 10.5 Å². The van der Waals surface area contributed by atoms with Gasteiger partial charge in [0.25, 0.3) is 0 Å². The first-order valence-corrected chi connectivity index (χ1v) is 8.77. The van der Waals surface area contributed by atoms with Crippen LogP contribution in [0.15, 0.2) is 40.6 Å². The standard InChI is InChI=1S/C14H18N2O3S2/c1-10(14-4-3-7-20-14)16-21(17,18)12-5-6-13(19-2)11(8-12)9-15/h3-8,10,16H,9,15H2,1-2H3. The summed E-state index contributed by atoms with van der Waals surface area (Å²) in [6, 6.07) is 8.19. The first kappa shape index (κ1) is 16.0. The second-order valence-corrected chi connectivity index (χ2v) is 7.23. The maximum absolute atomic E-state index is 12.4. The van der Waals surface area contributed by atoms with Crippen LogP contribution >= 0.6 is 11.3 Å². The van der Waals surface area contributed by atoms with Gasteiger partial charge in [-0.05, 0) is 36.6 Å². The number of hydrogen-bond acceptors (Lipinski definition) is 5. The maximum atomic E-state index is 12.4. The van der Waals surface area contributed by atoms with Crippen LogP contribution in [-0.2, 0) is 16.6 Å². The Hall–Kier alpha value is -1.41. The molecule has 1 unspecified atom stereocenters. The van der Waals surface area contributed by atoms with E-state index in [1.54, 1.807) is 12.1 Å². The molecule has 1 aromatic heterocycles. The fourth-order valence-corrected chi connectivity index (χ4v) is 4.06. The number of methoxy groups -OCH3 is 1. The van der Waals surface area contributed by atoms with Gasteiger partial charge in [-0.2, -0.15) is 0 Å². The number of ether oxygens (including phenoxy) is 1. The molecule has 0 aliphatic heterocycles. The highest BCUT2D eigenvalue weighted by atomic mass is 32.2. The van der Waals surface area contributed by atoms with Gasteiger partial charge in [0.2, 0.25) is 10.0 Å². The van der Waals surface area contributed by atoms with Crippen LogP contribution in [0, 0.1) is 0 Å². The smallest absolute Gasteiger partial charge is 0.241 e. The monoisotopic (exact) mass is 326 g/mol. The third kappa shape index (κ3) is 3.62. The zero-order valence-corrected chi connectivity index (χ0v) is 13.5. The predicted molar refractivity (Wildman–Crippen MR) is 83.9 cm³/mol. The van der Waals surface area contributed by atoms with Crippen LogP contribution in [0.5, 0.6) is 5.75 Å². The van der Waals surface area contributed by atoms with Gasteiger partial charge in [-0.15, -0.1) is 11.3 Å². The first-order valence-electron chi connectivity index (χ1n) is 6.40. The van der Waals surface area contributed by atoms with E-state index in [9.17, 15) is 8.42 Å². The molecule has 0 amide bonds. The molecule has 114 valence electrons. The van der Waals surface area contributed by atoms with Crippen molar-refractivity contribution < 1.29 is 13.2 Å². The summed E-state index contributed by atoms with van der Waals surface area (Å²) in [6.45, 7) is 2.03. The quantitative estimate of drug-likeness (QED) is 0.853. The molecular weight excluding hydrogens is 308 g/mol. The number of hydrogen-bond donors (Lipinski definition) is 2. The third-order valence-electron chi connectivity index (χ3n) is 3.08. The molecule has 0 fully saturated rings. The predicted octanol–water partition coefficient (Wildman–Crippen LogP) is 2.25. The molecule has 21 heavy (non-hydrogen) atoms. The summed E-state index contributed by atoms with van der Waals surface area (Å²) in [5, 5.41) is 1.92. The summed E-state index contributed by atoms with van der Waals surface area (Å²) in [6.07, 6.45) is 0. The van der Waals surface area contributed by atoms with Gasteiger partial charge >= 0.3 is 0 Å². The Morgan fingerprint density at radius 2 is 2.14 bits per heavy atom. The molecule has 0 saturated heterocycles. The normalized spacial score (nSPS) is 13.1. The maximum Gasteiger partial charge on any atom is 0.241 e. The minimum Gasteiger partial charge on any atom is -0.496 e. The van der Waals surface area contributed by atoms with E-state index in [-0.39, 0.29) is 17.5 Å². The highest BCUT2D eigenvalue weighted by Crippen LogP contribution is 2.24. The Labute approximate surface area is 128 Å². The fraction of sp³-hybridized carbons (Fsp3) is 0.286. The van der Waals surface area contributed by atoms with E-state index in [0.717, 1.165) is 4.88 Å². The van der Waals surface area contributed by atoms with Gasteiger partial charge in [-0.3, -0.25) is 0 Å². The Balaban J connectivity index is 2.27. The molecule has 0 radical (unpaired) electrons. The average molecular weight is 326 g/mol. The van der Waals surface area contributed by atoms with Crippen molar-refractivity contribution in [1.82, 2.24) is 4.72 Å². The highest BCUT2D eigenvalue weighted by molar-refractivity contribution is 7.89. The van der Waals surface area contributed by atoms with Crippen molar-refractivity contribution in [3.8, 4) is 5.75 Å². The Morgan fingerprint density at radius 1 is 1.38 bits per heavy atom. The molecular formula is C14H18N2O3S2. The summed E-state index contributed by atoms with van der Waals surface area (Å²) >= 11 is 1.51. The SMILES string of the molecule is COc1ccc(S(=O)(=O)NC(C)c2cccs2)cc1CN. The molecule has 3 N–H and O–H groups in total. The minimum atomic E-state index is -3.60. The van der Waals surface area contributed by atoms with Gasteiger partial charge in [-0.1, -0.05) is 6.07 Å². The number of rotatable bonds is 6. The zero-order valence-electron chi connectivity index (χ0n) is 11.9. The van der Waals surface area contributed by atoms with Gasteiger partial charge in [0.05, 0.1) is 18.0 Å². The molecule has 0 aliphatic carbocycles. The summed E-state index contributed by atoms with van der Waals surface area (Å²) in [7, 11) is -2.07. The summed E-state index contributed by atoms with van der Waals surface area (Å²) < 4.78 is 32.6. The van der Waals surface area contributed by atoms with Crippen LogP contribution in [-0.4, -0.2) is 15.5 Å². The lowest BCUT2D eigenvalue weighted by molar-refractivity contribution is 0.409. The number of thiophene rings is 1. The molecule has 2 aromatic rings. The van der Waals surface area contributed by atoms with Crippen molar-refractivity contribution in [1.29, 1.82) is 0 Å². The van der Waals surface area contributed by atoms with Crippen LogP contribution in [0.4, 0.5) is 0 Å². The van der Waals surface area contributed by atoms with E-state index in [4.69, 9.17) is 10.5 Å². The molecule has 7 heteroatoms. The second kappa shape index (κ2) is 6.57. The second-order valence-electron chi connectivity index (χ2n) is 4.54. The number of sulfonamides is 1. The lowest BCUT2D eigenvalue weighted by Crippen LogP contribution is -2.26. The molecule has 1 aromatic carbocycles. The van der Waals surface area contributed by atoms with E-state index < -0.39 is 10.0 Å². The van der Waals surface area contributed by atoms with E-state index in [2.05, 4.69) is 4.72 Å². The number of nitrogens with one attached hydrogen (secondary N) is 1. The van der Waals surface area contributed by atoms with Crippen LogP contribution in [0.25, 0.3) is 0 Å².